The number of allylic oxidation sites excluding steroid dienone is 4. The molecule has 0 unspecified atom stereocenters. The molecule has 6 heteroatoms. The zero-order valence-electron chi connectivity index (χ0n) is 13.7. The summed E-state index contributed by atoms with van der Waals surface area (Å²) in [5.74, 6) is 0.646. The molecular weight excluding hydrogens is 290 g/mol. The van der Waals surface area contributed by atoms with Crippen LogP contribution in [0.25, 0.3) is 11.0 Å². The van der Waals surface area contributed by atoms with Gasteiger partial charge in [0, 0.05) is 24.3 Å². The molecule has 6 nitrogen and oxygen atoms in total. The van der Waals surface area contributed by atoms with Crippen LogP contribution in [0.2, 0.25) is 0 Å². The third kappa shape index (κ3) is 3.06. The number of ether oxygens (including phenoxy) is 1. The second-order valence-corrected chi connectivity index (χ2v) is 5.40. The van der Waals surface area contributed by atoms with Gasteiger partial charge in [0.1, 0.15) is 11.4 Å². The van der Waals surface area contributed by atoms with Crippen LogP contribution in [0, 0.1) is 6.92 Å². The predicted molar refractivity (Wildman–Crippen MR) is 92.3 cm³/mol. The molecule has 1 aliphatic rings. The number of aliphatic imine (C=N–C) groups is 2. The van der Waals surface area contributed by atoms with E-state index < -0.39 is 0 Å². The van der Waals surface area contributed by atoms with Crippen LogP contribution in [0.3, 0.4) is 0 Å². The van der Waals surface area contributed by atoms with Gasteiger partial charge in [0.05, 0.1) is 17.6 Å². The molecule has 118 valence electrons. The van der Waals surface area contributed by atoms with E-state index in [2.05, 4.69) is 24.9 Å². The van der Waals surface area contributed by atoms with Crippen molar-refractivity contribution in [3.63, 3.8) is 0 Å². The molecule has 0 spiro atoms. The van der Waals surface area contributed by atoms with Crippen LogP contribution < -0.4 is 4.74 Å². The summed E-state index contributed by atoms with van der Waals surface area (Å²) in [5.41, 5.74) is 4.71. The molecule has 0 saturated carbocycles. The number of hydrogen-bond donors (Lipinski definition) is 1. The first kappa shape index (κ1) is 15.1. The van der Waals surface area contributed by atoms with Gasteiger partial charge in [0.15, 0.2) is 0 Å². The van der Waals surface area contributed by atoms with Gasteiger partial charge in [0.25, 0.3) is 0 Å². The Labute approximate surface area is 134 Å². The van der Waals surface area contributed by atoms with Crippen molar-refractivity contribution in [1.82, 2.24) is 15.0 Å². The Bertz CT molecular complexity index is 870. The zero-order chi connectivity index (χ0) is 16.4. The SMILES string of the molecule is CN=C(C)c1[nH]c2nc(OC3=CCC=C(C)N=C3)ncc2c1C. The highest BCUT2D eigenvalue weighted by molar-refractivity contribution is 6.03. The van der Waals surface area contributed by atoms with Gasteiger partial charge in [-0.05, 0) is 38.8 Å². The molecule has 1 aliphatic heterocycles. The molecule has 3 heterocycles. The average molecular weight is 309 g/mol. The Morgan fingerprint density at radius 3 is 2.91 bits per heavy atom. The minimum absolute atomic E-state index is 0.300. The monoisotopic (exact) mass is 309 g/mol. The third-order valence-electron chi connectivity index (χ3n) is 3.82. The largest absolute Gasteiger partial charge is 0.423 e. The van der Waals surface area contributed by atoms with Gasteiger partial charge in [-0.3, -0.25) is 9.98 Å². The predicted octanol–water partition coefficient (Wildman–Crippen LogP) is 3.35. The average Bonchev–Trinajstić information content (AvgIpc) is 2.73. The van der Waals surface area contributed by atoms with Gasteiger partial charge in [-0.25, -0.2) is 4.98 Å². The van der Waals surface area contributed by atoms with Gasteiger partial charge < -0.3 is 9.72 Å². The van der Waals surface area contributed by atoms with Crippen molar-refractivity contribution in [2.45, 2.75) is 27.2 Å². The molecular formula is C17H19N5O. The fourth-order valence-corrected chi connectivity index (χ4v) is 2.39. The number of aromatic amines is 1. The molecule has 2 aromatic heterocycles. The molecule has 0 radical (unpaired) electrons. The number of fused-ring (bicyclic) bond motifs is 1. The first-order valence-corrected chi connectivity index (χ1v) is 7.46. The lowest BCUT2D eigenvalue weighted by Gasteiger charge is -2.03. The summed E-state index contributed by atoms with van der Waals surface area (Å²) < 4.78 is 5.73. The summed E-state index contributed by atoms with van der Waals surface area (Å²) in [6.07, 6.45) is 8.22. The topological polar surface area (TPSA) is 75.5 Å². The smallest absolute Gasteiger partial charge is 0.323 e. The standard InChI is InChI=1S/C17H19N5O/c1-10-6-5-7-13(8-19-10)23-17-20-9-14-11(2)15(12(3)18-4)21-16(14)22-17/h6-9H,5H2,1-4H3,(H,20,21,22). The maximum Gasteiger partial charge on any atom is 0.323 e. The maximum atomic E-state index is 5.73. The number of nitrogens with zero attached hydrogens (tertiary/aromatic N) is 4. The molecule has 2 aromatic rings. The molecule has 3 rings (SSSR count). The van der Waals surface area contributed by atoms with E-state index in [1.54, 1.807) is 19.5 Å². The van der Waals surface area contributed by atoms with Gasteiger partial charge in [-0.2, -0.15) is 4.98 Å². The maximum absolute atomic E-state index is 5.73. The minimum atomic E-state index is 0.300. The van der Waals surface area contributed by atoms with E-state index in [9.17, 15) is 0 Å². The van der Waals surface area contributed by atoms with E-state index in [-0.39, 0.29) is 0 Å². The van der Waals surface area contributed by atoms with Crippen LogP contribution in [0.1, 0.15) is 31.5 Å². The van der Waals surface area contributed by atoms with Crippen LogP contribution in [-0.4, -0.2) is 33.9 Å². The van der Waals surface area contributed by atoms with Crippen molar-refractivity contribution in [2.75, 3.05) is 7.05 Å². The molecule has 0 amide bonds. The van der Waals surface area contributed by atoms with Crippen molar-refractivity contribution < 1.29 is 4.74 Å². The Morgan fingerprint density at radius 2 is 2.13 bits per heavy atom. The van der Waals surface area contributed by atoms with Crippen LogP contribution >= 0.6 is 0 Å². The fourth-order valence-electron chi connectivity index (χ4n) is 2.39. The Balaban J connectivity index is 1.92. The number of aromatic nitrogens is 3. The van der Waals surface area contributed by atoms with E-state index in [4.69, 9.17) is 4.74 Å². The molecule has 23 heavy (non-hydrogen) atoms. The van der Waals surface area contributed by atoms with Crippen LogP contribution in [0.4, 0.5) is 0 Å². The van der Waals surface area contributed by atoms with E-state index in [1.807, 2.05) is 32.9 Å². The van der Waals surface area contributed by atoms with Crippen LogP contribution in [0.15, 0.2) is 39.8 Å². The third-order valence-corrected chi connectivity index (χ3v) is 3.82. The lowest BCUT2D eigenvalue weighted by atomic mass is 10.1. The molecule has 0 aliphatic carbocycles. The Morgan fingerprint density at radius 1 is 1.30 bits per heavy atom. The first-order chi connectivity index (χ1) is 11.1. The molecule has 0 saturated heterocycles. The van der Waals surface area contributed by atoms with Crippen molar-refractivity contribution >= 4 is 23.0 Å². The highest BCUT2D eigenvalue weighted by Crippen LogP contribution is 2.22. The van der Waals surface area contributed by atoms with E-state index in [1.165, 1.54) is 0 Å². The fraction of sp³-hybridized carbons (Fsp3) is 0.294. The number of H-pyrrole nitrogens is 1. The van der Waals surface area contributed by atoms with E-state index >= 15 is 0 Å². The van der Waals surface area contributed by atoms with Gasteiger partial charge in [-0.15, -0.1) is 0 Å². The summed E-state index contributed by atoms with van der Waals surface area (Å²) in [4.78, 5) is 20.5. The molecule has 0 bridgehead atoms. The van der Waals surface area contributed by atoms with Crippen molar-refractivity contribution in [3.8, 4) is 6.01 Å². The number of nitrogens with one attached hydrogen (secondary N) is 1. The Kier molecular flexibility index (Phi) is 4.06. The summed E-state index contributed by atoms with van der Waals surface area (Å²) in [6.45, 7) is 5.95. The highest BCUT2D eigenvalue weighted by Gasteiger charge is 2.13. The van der Waals surface area contributed by atoms with Crippen LogP contribution in [-0.2, 0) is 0 Å². The van der Waals surface area contributed by atoms with E-state index in [0.717, 1.165) is 40.1 Å². The molecule has 0 fully saturated rings. The second kappa shape index (κ2) is 6.16. The van der Waals surface area contributed by atoms with Gasteiger partial charge >= 0.3 is 6.01 Å². The molecule has 0 aromatic carbocycles. The lowest BCUT2D eigenvalue weighted by molar-refractivity contribution is 0.419. The van der Waals surface area contributed by atoms with Gasteiger partial charge in [0.2, 0.25) is 0 Å². The Hall–Kier alpha value is -2.76. The zero-order valence-corrected chi connectivity index (χ0v) is 13.7. The summed E-state index contributed by atoms with van der Waals surface area (Å²) >= 11 is 0. The van der Waals surface area contributed by atoms with Crippen molar-refractivity contribution in [1.29, 1.82) is 0 Å². The summed E-state index contributed by atoms with van der Waals surface area (Å²) in [7, 11) is 1.77. The van der Waals surface area contributed by atoms with Crippen LogP contribution in [0.5, 0.6) is 6.01 Å². The summed E-state index contributed by atoms with van der Waals surface area (Å²) in [5, 5.41) is 0.969. The number of aryl methyl sites for hydroxylation is 1. The van der Waals surface area contributed by atoms with Crippen molar-refractivity contribution in [2.24, 2.45) is 9.98 Å². The lowest BCUT2D eigenvalue weighted by Crippen LogP contribution is -2.00. The number of hydrogen-bond acceptors (Lipinski definition) is 5. The number of rotatable bonds is 3. The quantitative estimate of drug-likeness (QED) is 0.883. The highest BCUT2D eigenvalue weighted by atomic mass is 16.5. The molecule has 0 atom stereocenters. The second-order valence-electron chi connectivity index (χ2n) is 5.40. The minimum Gasteiger partial charge on any atom is -0.423 e. The summed E-state index contributed by atoms with van der Waals surface area (Å²) in [6, 6.07) is 0.300. The van der Waals surface area contributed by atoms with E-state index in [0.29, 0.717) is 11.8 Å². The first-order valence-electron chi connectivity index (χ1n) is 7.46. The molecule has 1 N–H and O–H groups in total. The van der Waals surface area contributed by atoms with Crippen molar-refractivity contribution in [3.05, 3.63) is 41.1 Å². The normalized spacial score (nSPS) is 15.4. The van der Waals surface area contributed by atoms with Gasteiger partial charge in [-0.1, -0.05) is 6.08 Å².